The molecule has 0 aliphatic rings. The first-order chi connectivity index (χ1) is 11.9. The van der Waals surface area contributed by atoms with Crippen LogP contribution in [0.5, 0.6) is 11.5 Å². The Morgan fingerprint density at radius 3 is 2.60 bits per heavy atom. The van der Waals surface area contributed by atoms with Gasteiger partial charge in [-0.05, 0) is 30.3 Å². The Labute approximate surface area is 149 Å². The Hall–Kier alpha value is -3.06. The van der Waals surface area contributed by atoms with Crippen LogP contribution in [0.4, 0.5) is 11.4 Å². The standard InChI is InChI=1S/C17H15ClN2O5/c1-24-13-6-3-11(16(10-13)25-2)4-8-17(21)19-12-5-7-14(18)15(9-12)20(22)23/h3-10H,1-2H3,(H,19,21). The quantitative estimate of drug-likeness (QED) is 0.478. The molecule has 0 radical (unpaired) electrons. The number of ether oxygens (including phenoxy) is 2. The highest BCUT2D eigenvalue weighted by Crippen LogP contribution is 2.28. The van der Waals surface area contributed by atoms with E-state index in [1.54, 1.807) is 31.4 Å². The zero-order chi connectivity index (χ0) is 18.4. The zero-order valence-corrected chi connectivity index (χ0v) is 14.2. The number of nitrogens with one attached hydrogen (secondary N) is 1. The third kappa shape index (κ3) is 4.71. The monoisotopic (exact) mass is 362 g/mol. The summed E-state index contributed by atoms with van der Waals surface area (Å²) in [4.78, 5) is 22.3. The van der Waals surface area contributed by atoms with E-state index < -0.39 is 10.8 Å². The van der Waals surface area contributed by atoms with Gasteiger partial charge in [0.2, 0.25) is 5.91 Å². The van der Waals surface area contributed by atoms with Crippen LogP contribution in [0.25, 0.3) is 6.08 Å². The molecule has 0 aliphatic carbocycles. The molecular weight excluding hydrogens is 348 g/mol. The summed E-state index contributed by atoms with van der Waals surface area (Å²) in [6.45, 7) is 0. The van der Waals surface area contributed by atoms with E-state index in [0.29, 0.717) is 17.1 Å². The normalized spacial score (nSPS) is 10.5. The lowest BCUT2D eigenvalue weighted by Crippen LogP contribution is -2.08. The van der Waals surface area contributed by atoms with Crippen molar-refractivity contribution in [3.8, 4) is 11.5 Å². The molecule has 0 saturated carbocycles. The molecule has 0 atom stereocenters. The number of rotatable bonds is 6. The second-order valence-corrected chi connectivity index (χ2v) is 5.26. The largest absolute Gasteiger partial charge is 0.497 e. The Bertz CT molecular complexity index is 836. The van der Waals surface area contributed by atoms with E-state index in [0.717, 1.165) is 0 Å². The van der Waals surface area contributed by atoms with Crippen LogP contribution < -0.4 is 14.8 Å². The molecule has 0 aliphatic heterocycles. The minimum Gasteiger partial charge on any atom is -0.497 e. The zero-order valence-electron chi connectivity index (χ0n) is 13.5. The molecule has 7 nitrogen and oxygen atoms in total. The second kappa shape index (κ2) is 8.16. The molecule has 0 heterocycles. The Balaban J connectivity index is 2.14. The fourth-order valence-electron chi connectivity index (χ4n) is 2.04. The van der Waals surface area contributed by atoms with Gasteiger partial charge in [0.05, 0.1) is 19.1 Å². The Morgan fingerprint density at radius 1 is 1.20 bits per heavy atom. The van der Waals surface area contributed by atoms with Gasteiger partial charge >= 0.3 is 0 Å². The lowest BCUT2D eigenvalue weighted by atomic mass is 10.1. The highest BCUT2D eigenvalue weighted by molar-refractivity contribution is 6.32. The third-order valence-corrected chi connectivity index (χ3v) is 3.58. The lowest BCUT2D eigenvalue weighted by Gasteiger charge is -2.07. The summed E-state index contributed by atoms with van der Waals surface area (Å²) in [5, 5.41) is 13.4. The van der Waals surface area contributed by atoms with Crippen LogP contribution in [0.15, 0.2) is 42.5 Å². The van der Waals surface area contributed by atoms with Gasteiger partial charge in [0, 0.05) is 29.5 Å². The molecule has 2 aromatic rings. The molecule has 1 N–H and O–H groups in total. The van der Waals surface area contributed by atoms with Gasteiger partial charge in [-0.1, -0.05) is 11.6 Å². The van der Waals surface area contributed by atoms with Gasteiger partial charge in [-0.2, -0.15) is 0 Å². The number of amides is 1. The average molecular weight is 363 g/mol. The van der Waals surface area contributed by atoms with Crippen molar-refractivity contribution in [1.29, 1.82) is 0 Å². The van der Waals surface area contributed by atoms with Crippen LogP contribution >= 0.6 is 11.6 Å². The number of methoxy groups -OCH3 is 2. The summed E-state index contributed by atoms with van der Waals surface area (Å²) < 4.78 is 10.3. The minimum atomic E-state index is -0.615. The summed E-state index contributed by atoms with van der Waals surface area (Å²) in [5.74, 6) is 0.729. The van der Waals surface area contributed by atoms with Gasteiger partial charge in [0.25, 0.3) is 5.69 Å². The van der Waals surface area contributed by atoms with Gasteiger partial charge in [-0.3, -0.25) is 14.9 Å². The third-order valence-electron chi connectivity index (χ3n) is 3.27. The van der Waals surface area contributed by atoms with E-state index in [1.807, 2.05) is 0 Å². The van der Waals surface area contributed by atoms with Crippen molar-refractivity contribution in [1.82, 2.24) is 0 Å². The minimum absolute atomic E-state index is 0.00140. The highest BCUT2D eigenvalue weighted by Gasteiger charge is 2.13. The molecule has 130 valence electrons. The summed E-state index contributed by atoms with van der Waals surface area (Å²) in [7, 11) is 3.06. The van der Waals surface area contributed by atoms with Crippen LogP contribution in [-0.4, -0.2) is 25.1 Å². The average Bonchev–Trinajstić information content (AvgIpc) is 2.61. The number of nitrogens with zero attached hydrogens (tertiary/aromatic N) is 1. The maximum atomic E-state index is 12.0. The first-order valence-electron chi connectivity index (χ1n) is 7.09. The van der Waals surface area contributed by atoms with Gasteiger partial charge < -0.3 is 14.8 Å². The summed E-state index contributed by atoms with van der Waals surface area (Å²) >= 11 is 5.73. The van der Waals surface area contributed by atoms with E-state index in [-0.39, 0.29) is 16.4 Å². The van der Waals surface area contributed by atoms with Gasteiger partial charge in [0.1, 0.15) is 16.5 Å². The maximum absolute atomic E-state index is 12.0. The topological polar surface area (TPSA) is 90.7 Å². The molecule has 2 aromatic carbocycles. The van der Waals surface area contributed by atoms with E-state index in [9.17, 15) is 14.9 Å². The number of hydrogen-bond acceptors (Lipinski definition) is 5. The van der Waals surface area contributed by atoms with E-state index in [1.165, 1.54) is 31.4 Å². The molecule has 8 heteroatoms. The molecule has 2 rings (SSSR count). The van der Waals surface area contributed by atoms with Crippen LogP contribution in [0.1, 0.15) is 5.56 Å². The molecule has 1 amide bonds. The molecular formula is C17H15ClN2O5. The first kappa shape index (κ1) is 18.3. The van der Waals surface area contributed by atoms with Crippen molar-refractivity contribution in [3.63, 3.8) is 0 Å². The lowest BCUT2D eigenvalue weighted by molar-refractivity contribution is -0.384. The van der Waals surface area contributed by atoms with Crippen LogP contribution in [-0.2, 0) is 4.79 Å². The maximum Gasteiger partial charge on any atom is 0.289 e. The SMILES string of the molecule is COc1ccc(C=CC(=O)Nc2ccc(Cl)c([N+](=O)[O-])c2)c(OC)c1. The molecule has 0 bridgehead atoms. The summed E-state index contributed by atoms with van der Waals surface area (Å²) in [6, 6.07) is 9.21. The fourth-order valence-corrected chi connectivity index (χ4v) is 2.22. The van der Waals surface area contributed by atoms with Crippen molar-refractivity contribution in [2.24, 2.45) is 0 Å². The van der Waals surface area contributed by atoms with Crippen LogP contribution in [0, 0.1) is 10.1 Å². The number of nitro benzene ring substituents is 1. The number of carbonyl (C=O) groups is 1. The second-order valence-electron chi connectivity index (χ2n) is 4.85. The number of carbonyl (C=O) groups excluding carboxylic acids is 1. The summed E-state index contributed by atoms with van der Waals surface area (Å²) in [5.41, 5.74) is 0.674. The number of benzene rings is 2. The molecule has 0 saturated heterocycles. The number of nitro groups is 1. The van der Waals surface area contributed by atoms with E-state index >= 15 is 0 Å². The van der Waals surface area contributed by atoms with Crippen LogP contribution in [0.3, 0.4) is 0 Å². The van der Waals surface area contributed by atoms with Gasteiger partial charge in [-0.25, -0.2) is 0 Å². The Morgan fingerprint density at radius 2 is 1.96 bits per heavy atom. The van der Waals surface area contributed by atoms with Crippen molar-refractivity contribution in [3.05, 3.63) is 63.2 Å². The molecule has 0 aromatic heterocycles. The molecule has 0 spiro atoms. The number of halogens is 1. The smallest absolute Gasteiger partial charge is 0.289 e. The van der Waals surface area contributed by atoms with Crippen molar-refractivity contribution < 1.29 is 19.2 Å². The molecule has 0 unspecified atom stereocenters. The Kier molecular flexibility index (Phi) is 5.97. The van der Waals surface area contributed by atoms with E-state index in [4.69, 9.17) is 21.1 Å². The predicted molar refractivity (Wildman–Crippen MR) is 95.3 cm³/mol. The highest BCUT2D eigenvalue weighted by atomic mass is 35.5. The van der Waals surface area contributed by atoms with Gasteiger partial charge in [-0.15, -0.1) is 0 Å². The van der Waals surface area contributed by atoms with E-state index in [2.05, 4.69) is 5.32 Å². The molecule has 25 heavy (non-hydrogen) atoms. The van der Waals surface area contributed by atoms with Crippen molar-refractivity contribution in [2.75, 3.05) is 19.5 Å². The number of hydrogen-bond donors (Lipinski definition) is 1. The predicted octanol–water partition coefficient (Wildman–Crippen LogP) is 3.92. The number of anilines is 1. The van der Waals surface area contributed by atoms with Crippen LogP contribution in [0.2, 0.25) is 5.02 Å². The molecule has 0 fully saturated rings. The van der Waals surface area contributed by atoms with Gasteiger partial charge in [0.15, 0.2) is 0 Å². The summed E-state index contributed by atoms with van der Waals surface area (Å²) in [6.07, 6.45) is 2.86. The first-order valence-corrected chi connectivity index (χ1v) is 7.47. The van der Waals surface area contributed by atoms with Crippen molar-refractivity contribution >= 4 is 35.0 Å². The fraction of sp³-hybridized carbons (Fsp3) is 0.118. The van der Waals surface area contributed by atoms with Crippen molar-refractivity contribution in [2.45, 2.75) is 0 Å².